The maximum absolute atomic E-state index is 13.2. The fourth-order valence-electron chi connectivity index (χ4n) is 4.73. The number of thiazole rings is 1. The maximum atomic E-state index is 13.2. The number of carbonyl (C=O) groups is 3. The van der Waals surface area contributed by atoms with Gasteiger partial charge in [-0.3, -0.25) is 19.3 Å². The van der Waals surface area contributed by atoms with Crippen LogP contribution in [0.1, 0.15) is 51.1 Å². The second-order valence-corrected chi connectivity index (χ2v) is 8.26. The molecule has 3 heterocycles. The van der Waals surface area contributed by atoms with Gasteiger partial charge in [-0.25, -0.2) is 4.98 Å². The first-order chi connectivity index (χ1) is 14.0. The van der Waals surface area contributed by atoms with Gasteiger partial charge in [0.05, 0.1) is 23.7 Å². The van der Waals surface area contributed by atoms with Crippen LogP contribution in [-0.2, 0) is 25.5 Å². The number of carboxylic acid groups (broad SMARTS) is 1. The summed E-state index contributed by atoms with van der Waals surface area (Å²) in [5.41, 5.74) is 2.47. The van der Waals surface area contributed by atoms with Crippen molar-refractivity contribution in [2.24, 2.45) is 5.41 Å². The van der Waals surface area contributed by atoms with Crippen LogP contribution in [0.4, 0.5) is 0 Å². The second kappa shape index (κ2) is 11.3. The van der Waals surface area contributed by atoms with Crippen molar-refractivity contribution in [2.75, 3.05) is 20.2 Å². The fraction of sp³-hybridized carbons (Fsp3) is 0.700. The van der Waals surface area contributed by atoms with Gasteiger partial charge in [-0.15, -0.1) is 11.3 Å². The molecule has 2 N–H and O–H groups in total. The van der Waals surface area contributed by atoms with E-state index in [-0.39, 0.29) is 24.4 Å². The Morgan fingerprint density at radius 1 is 1.48 bits per heavy atom. The van der Waals surface area contributed by atoms with Gasteiger partial charge in [-0.1, -0.05) is 6.92 Å². The Bertz CT molecular complexity index is 669. The number of hydrogen-bond acceptors (Lipinski definition) is 7. The van der Waals surface area contributed by atoms with Gasteiger partial charge in [-0.05, 0) is 38.6 Å². The molecule has 29 heavy (non-hydrogen) atoms. The minimum Gasteiger partial charge on any atom is -0.483 e. The molecule has 8 nitrogen and oxygen atoms in total. The van der Waals surface area contributed by atoms with Crippen molar-refractivity contribution in [3.8, 4) is 0 Å². The molecule has 9 heteroatoms. The molecule has 1 amide bonds. The van der Waals surface area contributed by atoms with Crippen LogP contribution in [0, 0.1) is 5.41 Å². The lowest BCUT2D eigenvalue weighted by molar-refractivity contribution is -0.141. The van der Waals surface area contributed by atoms with E-state index in [9.17, 15) is 9.59 Å². The molecule has 2 fully saturated rings. The largest absolute Gasteiger partial charge is 0.483 e. The van der Waals surface area contributed by atoms with Gasteiger partial charge in [0.25, 0.3) is 6.47 Å². The van der Waals surface area contributed by atoms with Gasteiger partial charge >= 0.3 is 5.97 Å². The van der Waals surface area contributed by atoms with E-state index in [2.05, 4.69) is 27.5 Å². The number of carbonyl (C=O) groups excluding carboxylic acids is 2. The summed E-state index contributed by atoms with van der Waals surface area (Å²) in [6, 6.07) is 0.673. The average molecular weight is 426 g/mol. The molecule has 162 valence electrons. The zero-order valence-electron chi connectivity index (χ0n) is 17.1. The van der Waals surface area contributed by atoms with Crippen LogP contribution in [0.3, 0.4) is 0 Å². The first-order valence-electron chi connectivity index (χ1n) is 10.1. The molecular formula is C20H31N3O5S. The van der Waals surface area contributed by atoms with Crippen molar-refractivity contribution in [1.82, 2.24) is 15.2 Å². The summed E-state index contributed by atoms with van der Waals surface area (Å²) >= 11 is 1.58. The van der Waals surface area contributed by atoms with E-state index in [1.54, 1.807) is 11.3 Å². The van der Waals surface area contributed by atoms with Crippen LogP contribution < -0.4 is 5.32 Å². The summed E-state index contributed by atoms with van der Waals surface area (Å²) in [6.07, 6.45) is 5.95. The van der Waals surface area contributed by atoms with Crippen LogP contribution in [0.15, 0.2) is 10.9 Å². The monoisotopic (exact) mass is 425 g/mol. The number of amides is 1. The zero-order valence-corrected chi connectivity index (χ0v) is 18.0. The first-order valence-corrected chi connectivity index (χ1v) is 11.0. The molecule has 2 aliphatic heterocycles. The van der Waals surface area contributed by atoms with Crippen molar-refractivity contribution >= 4 is 29.7 Å². The molecular weight excluding hydrogens is 394 g/mol. The van der Waals surface area contributed by atoms with Crippen molar-refractivity contribution < 1.29 is 24.2 Å². The van der Waals surface area contributed by atoms with E-state index in [1.165, 1.54) is 7.11 Å². The number of esters is 1. The molecule has 2 saturated heterocycles. The topological polar surface area (TPSA) is 109 Å². The summed E-state index contributed by atoms with van der Waals surface area (Å²) in [6.45, 7) is 3.40. The molecule has 2 aliphatic rings. The van der Waals surface area contributed by atoms with E-state index < -0.39 is 5.41 Å². The minimum absolute atomic E-state index is 0.161. The van der Waals surface area contributed by atoms with E-state index >= 15 is 0 Å². The van der Waals surface area contributed by atoms with Gasteiger partial charge in [-0.2, -0.15) is 0 Å². The lowest BCUT2D eigenvalue weighted by Gasteiger charge is -2.36. The first kappa shape index (κ1) is 23.3. The van der Waals surface area contributed by atoms with E-state index in [0.717, 1.165) is 50.9 Å². The predicted molar refractivity (Wildman–Crippen MR) is 110 cm³/mol. The normalized spacial score (nSPS) is 25.2. The van der Waals surface area contributed by atoms with Crippen molar-refractivity contribution in [3.63, 3.8) is 0 Å². The van der Waals surface area contributed by atoms with Gasteiger partial charge in [0.1, 0.15) is 0 Å². The SMILES string of the molecule is CCCNC(=O)[C@@]1(Cc2cscn2)C[C@H]2CC[C@@H]1N2CCCC(=O)OC.O=CO. The molecule has 0 radical (unpaired) electrons. The molecule has 2 bridgehead atoms. The van der Waals surface area contributed by atoms with Crippen LogP contribution in [0.2, 0.25) is 0 Å². The Balaban J connectivity index is 0.000000941. The average Bonchev–Trinajstić information content (AvgIpc) is 3.43. The lowest BCUT2D eigenvalue weighted by atomic mass is 9.70. The third-order valence-electron chi connectivity index (χ3n) is 5.87. The Kier molecular flexibility index (Phi) is 9.03. The highest BCUT2D eigenvalue weighted by atomic mass is 32.1. The zero-order chi connectivity index (χ0) is 21.3. The Morgan fingerprint density at radius 2 is 2.24 bits per heavy atom. The highest BCUT2D eigenvalue weighted by molar-refractivity contribution is 7.07. The number of hydrogen-bond donors (Lipinski definition) is 2. The third-order valence-corrected chi connectivity index (χ3v) is 6.51. The van der Waals surface area contributed by atoms with Crippen LogP contribution in [0.25, 0.3) is 0 Å². The number of ether oxygens (including phenoxy) is 1. The molecule has 0 aliphatic carbocycles. The fourth-order valence-corrected chi connectivity index (χ4v) is 5.29. The van der Waals surface area contributed by atoms with Crippen molar-refractivity contribution in [2.45, 2.75) is 64.0 Å². The van der Waals surface area contributed by atoms with Crippen LogP contribution in [0.5, 0.6) is 0 Å². The molecule has 1 aromatic rings. The van der Waals surface area contributed by atoms with Crippen molar-refractivity contribution in [3.05, 3.63) is 16.6 Å². The Morgan fingerprint density at radius 3 is 2.86 bits per heavy atom. The van der Waals surface area contributed by atoms with Gasteiger partial charge in [0, 0.05) is 36.9 Å². The number of fused-ring (bicyclic) bond motifs is 2. The number of aromatic nitrogens is 1. The molecule has 0 aromatic carbocycles. The summed E-state index contributed by atoms with van der Waals surface area (Å²) < 4.78 is 4.75. The minimum atomic E-state index is -0.391. The quantitative estimate of drug-likeness (QED) is 0.460. The second-order valence-electron chi connectivity index (χ2n) is 7.54. The van der Waals surface area contributed by atoms with Crippen LogP contribution >= 0.6 is 11.3 Å². The summed E-state index contributed by atoms with van der Waals surface area (Å²) in [4.78, 5) is 39.9. The van der Waals surface area contributed by atoms with Crippen LogP contribution in [-0.4, -0.2) is 65.6 Å². The highest BCUT2D eigenvalue weighted by Gasteiger charge is 2.59. The molecule has 0 unspecified atom stereocenters. The van der Waals surface area contributed by atoms with Gasteiger partial charge in [0.2, 0.25) is 5.91 Å². The highest BCUT2D eigenvalue weighted by Crippen LogP contribution is 2.51. The van der Waals surface area contributed by atoms with E-state index in [4.69, 9.17) is 14.6 Å². The number of methoxy groups -OCH3 is 1. The summed E-state index contributed by atoms with van der Waals surface area (Å²) in [5.74, 6) is 0.0171. The third kappa shape index (κ3) is 5.54. The predicted octanol–water partition coefficient (Wildman–Crippen LogP) is 2.09. The Hall–Kier alpha value is -2.00. The van der Waals surface area contributed by atoms with Gasteiger partial charge in [0.15, 0.2) is 0 Å². The number of rotatable bonds is 9. The summed E-state index contributed by atoms with van der Waals surface area (Å²) in [5, 5.41) is 12.1. The van der Waals surface area contributed by atoms with Gasteiger partial charge < -0.3 is 15.2 Å². The molecule has 1 aromatic heterocycles. The molecule has 0 spiro atoms. The standard InChI is InChI=1S/C19H29N3O3S.CH2O2/c1-3-8-20-18(24)19(10-14-12-26-13-21-14)11-15-6-7-16(19)22(15)9-4-5-17(23)25-2;2-1-3/h12-13,15-16H,3-11H2,1-2H3,(H,20,24);1H,(H,2,3)/t15-,16+,19+;/m1./s1. The lowest BCUT2D eigenvalue weighted by Crippen LogP contribution is -2.50. The molecule has 3 rings (SSSR count). The van der Waals surface area contributed by atoms with E-state index in [1.807, 2.05) is 5.51 Å². The summed E-state index contributed by atoms with van der Waals surface area (Å²) in [7, 11) is 1.43. The molecule has 3 atom stereocenters. The maximum Gasteiger partial charge on any atom is 0.305 e. The van der Waals surface area contributed by atoms with E-state index in [0.29, 0.717) is 18.9 Å². The number of nitrogens with zero attached hydrogens (tertiary/aromatic N) is 2. The number of nitrogens with one attached hydrogen (secondary N) is 1. The molecule has 0 saturated carbocycles. The van der Waals surface area contributed by atoms with Crippen molar-refractivity contribution in [1.29, 1.82) is 0 Å². The Labute approximate surface area is 175 Å². The smallest absolute Gasteiger partial charge is 0.305 e.